The van der Waals surface area contributed by atoms with Crippen LogP contribution in [0.3, 0.4) is 0 Å². The third kappa shape index (κ3) is 3.21. The lowest BCUT2D eigenvalue weighted by atomic mass is 10.1. The molecule has 0 fully saturated rings. The van der Waals surface area contributed by atoms with Crippen molar-refractivity contribution in [1.29, 1.82) is 0 Å². The van der Waals surface area contributed by atoms with Gasteiger partial charge in [0.2, 0.25) is 0 Å². The van der Waals surface area contributed by atoms with Crippen LogP contribution in [0.25, 0.3) is 0 Å². The molecule has 1 aromatic heterocycles. The molecule has 0 bridgehead atoms. The molecule has 20 heavy (non-hydrogen) atoms. The van der Waals surface area contributed by atoms with E-state index in [4.69, 9.17) is 11.6 Å². The van der Waals surface area contributed by atoms with Gasteiger partial charge in [-0.3, -0.25) is 4.79 Å². The van der Waals surface area contributed by atoms with Crippen molar-refractivity contribution in [1.82, 2.24) is 9.88 Å². The second kappa shape index (κ2) is 6.59. The van der Waals surface area contributed by atoms with Gasteiger partial charge in [-0.15, -0.1) is 0 Å². The Kier molecular flexibility index (Phi) is 4.82. The van der Waals surface area contributed by atoms with Crippen LogP contribution in [0.2, 0.25) is 5.02 Å². The first-order valence-electron chi connectivity index (χ1n) is 6.48. The second-order valence-electron chi connectivity index (χ2n) is 4.45. The number of halogens is 1. The van der Waals surface area contributed by atoms with Gasteiger partial charge in [-0.1, -0.05) is 41.9 Å². The Morgan fingerprint density at radius 2 is 2.10 bits per heavy atom. The summed E-state index contributed by atoms with van der Waals surface area (Å²) in [4.78, 5) is 12.3. The standard InChI is InChI=1S/C15H17ClN2O2/c1-2-18-9-12(16)8-14(18)15(20)17-13(10-19)11-6-4-3-5-7-11/h3-9,13,19H,2,10H2,1H3,(H,17,20)/t13-/m0/s1. The number of nitrogens with one attached hydrogen (secondary N) is 1. The van der Waals surface area contributed by atoms with E-state index in [1.165, 1.54) is 0 Å². The minimum atomic E-state index is -0.428. The van der Waals surface area contributed by atoms with E-state index in [1.807, 2.05) is 37.3 Å². The van der Waals surface area contributed by atoms with Crippen LogP contribution < -0.4 is 5.32 Å². The number of aryl methyl sites for hydroxylation is 1. The molecule has 4 nitrogen and oxygen atoms in total. The van der Waals surface area contributed by atoms with E-state index in [9.17, 15) is 9.90 Å². The van der Waals surface area contributed by atoms with E-state index >= 15 is 0 Å². The molecule has 0 radical (unpaired) electrons. The van der Waals surface area contributed by atoms with Gasteiger partial charge in [0.15, 0.2) is 0 Å². The monoisotopic (exact) mass is 292 g/mol. The van der Waals surface area contributed by atoms with Crippen LogP contribution in [-0.2, 0) is 6.54 Å². The number of rotatable bonds is 5. The number of carbonyl (C=O) groups is 1. The molecule has 0 unspecified atom stereocenters. The Morgan fingerprint density at radius 1 is 1.40 bits per heavy atom. The first-order valence-corrected chi connectivity index (χ1v) is 6.85. The van der Waals surface area contributed by atoms with Crippen LogP contribution in [0, 0.1) is 0 Å². The molecule has 0 aliphatic heterocycles. The zero-order chi connectivity index (χ0) is 14.5. The summed E-state index contributed by atoms with van der Waals surface area (Å²) in [5, 5.41) is 12.8. The number of carbonyl (C=O) groups excluding carboxylic acids is 1. The van der Waals surface area contributed by atoms with E-state index < -0.39 is 6.04 Å². The van der Waals surface area contributed by atoms with Crippen molar-refractivity contribution < 1.29 is 9.90 Å². The first kappa shape index (κ1) is 14.6. The summed E-state index contributed by atoms with van der Waals surface area (Å²) < 4.78 is 1.77. The number of aliphatic hydroxyl groups excluding tert-OH is 1. The molecule has 1 atom stereocenters. The van der Waals surface area contributed by atoms with Gasteiger partial charge in [0.05, 0.1) is 17.7 Å². The summed E-state index contributed by atoms with van der Waals surface area (Å²) in [5.74, 6) is -0.248. The lowest BCUT2D eigenvalue weighted by Crippen LogP contribution is -2.32. The highest BCUT2D eigenvalue weighted by Gasteiger charge is 2.17. The fourth-order valence-electron chi connectivity index (χ4n) is 2.08. The van der Waals surface area contributed by atoms with Gasteiger partial charge in [0, 0.05) is 12.7 Å². The molecule has 0 aliphatic carbocycles. The summed E-state index contributed by atoms with van der Waals surface area (Å²) >= 11 is 5.93. The highest BCUT2D eigenvalue weighted by molar-refractivity contribution is 6.31. The predicted molar refractivity (Wildman–Crippen MR) is 78.9 cm³/mol. The molecule has 1 amide bonds. The Labute approximate surface area is 123 Å². The first-order chi connectivity index (χ1) is 9.65. The van der Waals surface area contributed by atoms with Crippen molar-refractivity contribution in [3.63, 3.8) is 0 Å². The highest BCUT2D eigenvalue weighted by atomic mass is 35.5. The van der Waals surface area contributed by atoms with Gasteiger partial charge in [0.25, 0.3) is 5.91 Å². The van der Waals surface area contributed by atoms with Crippen LogP contribution in [-0.4, -0.2) is 22.2 Å². The molecular formula is C15H17ClN2O2. The van der Waals surface area contributed by atoms with Crippen molar-refractivity contribution in [3.05, 3.63) is 58.9 Å². The maximum atomic E-state index is 12.3. The Hall–Kier alpha value is -1.78. The quantitative estimate of drug-likeness (QED) is 0.890. The molecule has 1 aromatic carbocycles. The van der Waals surface area contributed by atoms with Crippen molar-refractivity contribution in [2.75, 3.05) is 6.61 Å². The van der Waals surface area contributed by atoms with Gasteiger partial charge in [-0.05, 0) is 18.6 Å². The van der Waals surface area contributed by atoms with Gasteiger partial charge in [-0.25, -0.2) is 0 Å². The average Bonchev–Trinajstić information content (AvgIpc) is 2.86. The molecule has 2 rings (SSSR count). The van der Waals surface area contributed by atoms with E-state index in [0.717, 1.165) is 5.56 Å². The molecule has 0 spiro atoms. The molecule has 0 saturated heterocycles. The Bertz CT molecular complexity index is 581. The number of hydrogen-bond donors (Lipinski definition) is 2. The molecule has 5 heteroatoms. The Balaban J connectivity index is 2.17. The van der Waals surface area contributed by atoms with E-state index in [-0.39, 0.29) is 12.5 Å². The minimum Gasteiger partial charge on any atom is -0.394 e. The van der Waals surface area contributed by atoms with Crippen molar-refractivity contribution in [2.24, 2.45) is 0 Å². The molecule has 2 N–H and O–H groups in total. The molecule has 1 heterocycles. The minimum absolute atomic E-state index is 0.156. The summed E-state index contributed by atoms with van der Waals surface area (Å²) in [6.45, 7) is 2.44. The van der Waals surface area contributed by atoms with Crippen LogP contribution in [0.4, 0.5) is 0 Å². The van der Waals surface area contributed by atoms with E-state index in [2.05, 4.69) is 5.32 Å². The number of aromatic nitrogens is 1. The maximum Gasteiger partial charge on any atom is 0.268 e. The molecule has 0 aliphatic rings. The highest BCUT2D eigenvalue weighted by Crippen LogP contribution is 2.17. The lowest BCUT2D eigenvalue weighted by molar-refractivity contribution is 0.0907. The van der Waals surface area contributed by atoms with Crippen molar-refractivity contribution in [3.8, 4) is 0 Å². The maximum absolute atomic E-state index is 12.3. The molecule has 106 valence electrons. The zero-order valence-electron chi connectivity index (χ0n) is 11.2. The summed E-state index contributed by atoms with van der Waals surface area (Å²) in [7, 11) is 0. The van der Waals surface area contributed by atoms with E-state index in [0.29, 0.717) is 17.3 Å². The SMILES string of the molecule is CCn1cc(Cl)cc1C(=O)N[C@@H](CO)c1ccccc1. The van der Waals surface area contributed by atoms with Gasteiger partial charge >= 0.3 is 0 Å². The summed E-state index contributed by atoms with van der Waals surface area (Å²) in [6, 6.07) is 10.6. The predicted octanol–water partition coefficient (Wildman–Crippen LogP) is 2.62. The van der Waals surface area contributed by atoms with Gasteiger partial charge < -0.3 is 15.0 Å². The number of aliphatic hydroxyl groups is 1. The van der Waals surface area contributed by atoms with Crippen LogP contribution in [0.15, 0.2) is 42.6 Å². The largest absolute Gasteiger partial charge is 0.394 e. The van der Waals surface area contributed by atoms with Gasteiger partial charge in [-0.2, -0.15) is 0 Å². The fourth-order valence-corrected chi connectivity index (χ4v) is 2.30. The number of benzene rings is 1. The summed E-state index contributed by atoms with van der Waals surface area (Å²) in [5.41, 5.74) is 1.36. The third-order valence-electron chi connectivity index (χ3n) is 3.13. The Morgan fingerprint density at radius 3 is 2.70 bits per heavy atom. The van der Waals surface area contributed by atoms with Crippen molar-refractivity contribution >= 4 is 17.5 Å². The number of hydrogen-bond acceptors (Lipinski definition) is 2. The van der Waals surface area contributed by atoms with Crippen molar-refractivity contribution in [2.45, 2.75) is 19.5 Å². The summed E-state index contributed by atoms with van der Waals surface area (Å²) in [6.07, 6.45) is 1.72. The average molecular weight is 293 g/mol. The molecule has 0 saturated carbocycles. The zero-order valence-corrected chi connectivity index (χ0v) is 12.0. The molecule has 2 aromatic rings. The molecular weight excluding hydrogens is 276 g/mol. The fraction of sp³-hybridized carbons (Fsp3) is 0.267. The van der Waals surface area contributed by atoms with Crippen LogP contribution in [0.5, 0.6) is 0 Å². The second-order valence-corrected chi connectivity index (χ2v) is 4.89. The van der Waals surface area contributed by atoms with Crippen LogP contribution in [0.1, 0.15) is 29.0 Å². The van der Waals surface area contributed by atoms with E-state index in [1.54, 1.807) is 16.8 Å². The lowest BCUT2D eigenvalue weighted by Gasteiger charge is -2.17. The smallest absolute Gasteiger partial charge is 0.268 e. The van der Waals surface area contributed by atoms with Crippen LogP contribution >= 0.6 is 11.6 Å². The van der Waals surface area contributed by atoms with Gasteiger partial charge in [0.1, 0.15) is 5.69 Å². The normalized spacial score (nSPS) is 12.2. The third-order valence-corrected chi connectivity index (χ3v) is 3.33. The number of amides is 1. The topological polar surface area (TPSA) is 54.3 Å². The number of nitrogens with zero attached hydrogens (tertiary/aromatic N) is 1.